The average Bonchev–Trinajstić information content (AvgIpc) is 2.51. The zero-order chi connectivity index (χ0) is 9.68. The fourth-order valence-corrected chi connectivity index (χ4v) is 1.90. The quantitative estimate of drug-likeness (QED) is 0.676. The second kappa shape index (κ2) is 5.12. The molecule has 72 valence electrons. The third-order valence-electron chi connectivity index (χ3n) is 1.77. The van der Waals surface area contributed by atoms with E-state index in [1.165, 1.54) is 0 Å². The predicted molar refractivity (Wildman–Crippen MR) is 57.4 cm³/mol. The van der Waals surface area contributed by atoms with Crippen LogP contribution in [0.2, 0.25) is 0 Å². The van der Waals surface area contributed by atoms with E-state index in [9.17, 15) is 4.79 Å². The summed E-state index contributed by atoms with van der Waals surface area (Å²) in [6.45, 7) is 5.28. The fourth-order valence-electron chi connectivity index (χ4n) is 1.12. The van der Waals surface area contributed by atoms with Gasteiger partial charge in [-0.3, -0.25) is 4.79 Å². The van der Waals surface area contributed by atoms with Crippen molar-refractivity contribution in [2.75, 3.05) is 5.75 Å². The maximum absolute atomic E-state index is 10.6. The number of carbonyl (C=O) groups is 1. The van der Waals surface area contributed by atoms with Crippen LogP contribution in [0.1, 0.15) is 24.3 Å². The van der Waals surface area contributed by atoms with Gasteiger partial charge in [0, 0.05) is 18.5 Å². The summed E-state index contributed by atoms with van der Waals surface area (Å²) in [5.74, 6) is 1.06. The van der Waals surface area contributed by atoms with Crippen molar-refractivity contribution in [2.45, 2.75) is 25.6 Å². The van der Waals surface area contributed by atoms with Gasteiger partial charge in [-0.25, -0.2) is 0 Å². The third kappa shape index (κ3) is 3.27. The van der Waals surface area contributed by atoms with E-state index in [1.807, 2.05) is 34.7 Å². The van der Waals surface area contributed by atoms with Crippen molar-refractivity contribution in [3.8, 4) is 0 Å². The Morgan fingerprint density at radius 3 is 3.00 bits per heavy atom. The molecule has 0 saturated carbocycles. The zero-order valence-electron chi connectivity index (χ0n) is 8.06. The Bertz CT molecular complexity index is 268. The molecular formula is C10H15NOS. The molecule has 1 rings (SSSR count). The van der Waals surface area contributed by atoms with Crippen LogP contribution in [0.5, 0.6) is 0 Å². The largest absolute Gasteiger partial charge is 0.345 e. The van der Waals surface area contributed by atoms with Crippen molar-refractivity contribution in [3.05, 3.63) is 24.0 Å². The minimum Gasteiger partial charge on any atom is -0.345 e. The number of aldehydes is 1. The van der Waals surface area contributed by atoms with Gasteiger partial charge in [-0.15, -0.1) is 0 Å². The molecule has 0 atom stereocenters. The maximum Gasteiger partial charge on any atom is 0.166 e. The Kier molecular flexibility index (Phi) is 4.09. The van der Waals surface area contributed by atoms with Crippen LogP contribution in [0.25, 0.3) is 0 Å². The molecule has 0 N–H and O–H groups in total. The van der Waals surface area contributed by atoms with Gasteiger partial charge in [0.05, 0.1) is 5.69 Å². The Balaban J connectivity index is 2.40. The summed E-state index contributed by atoms with van der Waals surface area (Å²) in [6, 6.07) is 3.75. The second-order valence-corrected chi connectivity index (χ2v) is 4.85. The van der Waals surface area contributed by atoms with Gasteiger partial charge in [0.15, 0.2) is 6.29 Å². The highest BCUT2D eigenvalue weighted by Gasteiger charge is 1.99. The molecule has 0 unspecified atom stereocenters. The fraction of sp³-hybridized carbons (Fsp3) is 0.500. The van der Waals surface area contributed by atoms with E-state index >= 15 is 0 Å². The lowest BCUT2D eigenvalue weighted by molar-refractivity contribution is 0.111. The standard InChI is InChI=1S/C10H15NOS/c1-9(2)13-7-6-11-5-3-4-10(11)8-12/h3-5,8-9H,6-7H2,1-2H3. The van der Waals surface area contributed by atoms with Crippen LogP contribution in [-0.4, -0.2) is 21.9 Å². The Morgan fingerprint density at radius 1 is 1.62 bits per heavy atom. The molecule has 0 saturated heterocycles. The molecule has 0 aliphatic heterocycles. The van der Waals surface area contributed by atoms with Crippen LogP contribution >= 0.6 is 11.8 Å². The maximum atomic E-state index is 10.6. The van der Waals surface area contributed by atoms with E-state index in [2.05, 4.69) is 13.8 Å². The summed E-state index contributed by atoms with van der Waals surface area (Å²) < 4.78 is 1.99. The molecule has 1 aromatic heterocycles. The Morgan fingerprint density at radius 2 is 2.38 bits per heavy atom. The number of thioether (sulfide) groups is 1. The number of carbonyl (C=O) groups excluding carboxylic acids is 1. The predicted octanol–water partition coefficient (Wildman–Crippen LogP) is 2.44. The monoisotopic (exact) mass is 197 g/mol. The van der Waals surface area contributed by atoms with Crippen LogP contribution in [0, 0.1) is 0 Å². The molecule has 0 aliphatic carbocycles. The highest BCUT2D eigenvalue weighted by molar-refractivity contribution is 7.99. The molecule has 13 heavy (non-hydrogen) atoms. The Labute approximate surface area is 83.3 Å². The number of aryl methyl sites for hydroxylation is 1. The molecule has 1 aromatic rings. The van der Waals surface area contributed by atoms with Crippen LogP contribution in [0.4, 0.5) is 0 Å². The lowest BCUT2D eigenvalue weighted by Crippen LogP contribution is -2.04. The van der Waals surface area contributed by atoms with E-state index in [0.29, 0.717) is 5.25 Å². The van der Waals surface area contributed by atoms with Gasteiger partial charge < -0.3 is 4.57 Å². The van der Waals surface area contributed by atoms with Gasteiger partial charge in [-0.1, -0.05) is 13.8 Å². The first-order valence-corrected chi connectivity index (χ1v) is 5.51. The molecule has 2 nitrogen and oxygen atoms in total. The van der Waals surface area contributed by atoms with Crippen LogP contribution in [-0.2, 0) is 6.54 Å². The number of rotatable bonds is 5. The van der Waals surface area contributed by atoms with Crippen molar-refractivity contribution in [2.24, 2.45) is 0 Å². The van der Waals surface area contributed by atoms with Crippen LogP contribution in [0.15, 0.2) is 18.3 Å². The van der Waals surface area contributed by atoms with E-state index in [-0.39, 0.29) is 0 Å². The van der Waals surface area contributed by atoms with Crippen molar-refractivity contribution in [3.63, 3.8) is 0 Å². The molecule has 0 amide bonds. The first-order chi connectivity index (χ1) is 6.24. The van der Waals surface area contributed by atoms with Gasteiger partial charge in [0.2, 0.25) is 0 Å². The van der Waals surface area contributed by atoms with Gasteiger partial charge in [-0.2, -0.15) is 11.8 Å². The smallest absolute Gasteiger partial charge is 0.166 e. The summed E-state index contributed by atoms with van der Waals surface area (Å²) in [7, 11) is 0. The number of hydrogen-bond acceptors (Lipinski definition) is 2. The Hall–Kier alpha value is -0.700. The van der Waals surface area contributed by atoms with E-state index in [1.54, 1.807) is 0 Å². The minimum atomic E-state index is 0.662. The lowest BCUT2D eigenvalue weighted by atomic mass is 10.5. The van der Waals surface area contributed by atoms with Gasteiger partial charge >= 0.3 is 0 Å². The summed E-state index contributed by atoms with van der Waals surface area (Å²) in [5, 5.41) is 0.662. The van der Waals surface area contributed by atoms with E-state index in [0.717, 1.165) is 24.3 Å². The first kappa shape index (κ1) is 10.4. The van der Waals surface area contributed by atoms with Gasteiger partial charge in [0.25, 0.3) is 0 Å². The van der Waals surface area contributed by atoms with Crippen molar-refractivity contribution >= 4 is 18.0 Å². The zero-order valence-corrected chi connectivity index (χ0v) is 8.88. The molecule has 1 heterocycles. The molecule has 0 fully saturated rings. The molecular weight excluding hydrogens is 182 g/mol. The molecule has 0 spiro atoms. The highest BCUT2D eigenvalue weighted by Crippen LogP contribution is 2.10. The molecule has 0 bridgehead atoms. The summed E-state index contributed by atoms with van der Waals surface area (Å²) in [5.41, 5.74) is 0.768. The molecule has 3 heteroatoms. The molecule has 0 radical (unpaired) electrons. The summed E-state index contributed by atoms with van der Waals surface area (Å²) in [6.07, 6.45) is 2.85. The number of hydrogen-bond donors (Lipinski definition) is 0. The van der Waals surface area contributed by atoms with Gasteiger partial charge in [0.1, 0.15) is 0 Å². The van der Waals surface area contributed by atoms with E-state index in [4.69, 9.17) is 0 Å². The van der Waals surface area contributed by atoms with E-state index < -0.39 is 0 Å². The lowest BCUT2D eigenvalue weighted by Gasteiger charge is -2.06. The number of aromatic nitrogens is 1. The third-order valence-corrected chi connectivity index (χ3v) is 2.85. The normalized spacial score (nSPS) is 10.7. The topological polar surface area (TPSA) is 22.0 Å². The summed E-state index contributed by atoms with van der Waals surface area (Å²) in [4.78, 5) is 10.6. The van der Waals surface area contributed by atoms with Crippen molar-refractivity contribution < 1.29 is 4.79 Å². The highest BCUT2D eigenvalue weighted by atomic mass is 32.2. The van der Waals surface area contributed by atoms with Crippen LogP contribution < -0.4 is 0 Å². The van der Waals surface area contributed by atoms with Gasteiger partial charge in [-0.05, 0) is 17.4 Å². The SMILES string of the molecule is CC(C)SCCn1cccc1C=O. The molecule has 0 aromatic carbocycles. The van der Waals surface area contributed by atoms with Crippen LogP contribution in [0.3, 0.4) is 0 Å². The minimum absolute atomic E-state index is 0.662. The first-order valence-electron chi connectivity index (χ1n) is 4.46. The average molecular weight is 197 g/mol. The second-order valence-electron chi connectivity index (χ2n) is 3.16. The van der Waals surface area contributed by atoms with Crippen molar-refractivity contribution in [1.29, 1.82) is 0 Å². The number of nitrogens with zero attached hydrogens (tertiary/aromatic N) is 1. The summed E-state index contributed by atoms with van der Waals surface area (Å²) >= 11 is 1.91. The molecule has 0 aliphatic rings. The van der Waals surface area contributed by atoms with Crippen molar-refractivity contribution in [1.82, 2.24) is 4.57 Å².